The zero-order chi connectivity index (χ0) is 8.55. The van der Waals surface area contributed by atoms with Crippen molar-refractivity contribution in [3.05, 3.63) is 35.1 Å². The molecule has 2 aromatic heterocycles. The summed E-state index contributed by atoms with van der Waals surface area (Å²) >= 11 is 5.77. The first kappa shape index (κ1) is 7.50. The third-order valence-electron chi connectivity index (χ3n) is 1.64. The Hall–Kier alpha value is -1.15. The number of halogens is 1. The van der Waals surface area contributed by atoms with Gasteiger partial charge >= 0.3 is 0 Å². The van der Waals surface area contributed by atoms with Crippen molar-refractivity contribution in [2.45, 2.75) is 6.92 Å². The van der Waals surface area contributed by atoms with Crippen LogP contribution in [-0.4, -0.2) is 9.97 Å². The maximum absolute atomic E-state index is 5.77. The Morgan fingerprint density at radius 1 is 1.25 bits per heavy atom. The Labute approximate surface area is 75.2 Å². The fourth-order valence-electron chi connectivity index (χ4n) is 1.08. The van der Waals surface area contributed by atoms with Crippen LogP contribution in [0.3, 0.4) is 0 Å². The zero-order valence-corrected chi connectivity index (χ0v) is 7.34. The van der Waals surface area contributed by atoms with Crippen LogP contribution in [0.15, 0.2) is 24.4 Å². The van der Waals surface area contributed by atoms with Crippen LogP contribution in [0.5, 0.6) is 0 Å². The molecule has 2 rings (SSSR count). The van der Waals surface area contributed by atoms with Gasteiger partial charge in [-0.1, -0.05) is 11.6 Å². The highest BCUT2D eigenvalue weighted by molar-refractivity contribution is 6.31. The molecule has 0 aliphatic rings. The molecule has 60 valence electrons. The van der Waals surface area contributed by atoms with Gasteiger partial charge in [-0.2, -0.15) is 0 Å². The molecule has 0 unspecified atom stereocenters. The molecule has 0 radical (unpaired) electrons. The van der Waals surface area contributed by atoms with Crippen LogP contribution in [0.25, 0.3) is 11.0 Å². The van der Waals surface area contributed by atoms with Crippen LogP contribution >= 0.6 is 11.6 Å². The average Bonchev–Trinajstić information content (AvgIpc) is 2.03. The second kappa shape index (κ2) is 2.72. The molecule has 0 aromatic carbocycles. The minimum absolute atomic E-state index is 0.626. The molecule has 2 heterocycles. The van der Waals surface area contributed by atoms with Crippen LogP contribution in [0.2, 0.25) is 5.02 Å². The van der Waals surface area contributed by atoms with Gasteiger partial charge < -0.3 is 0 Å². The number of fused-ring (bicyclic) bond motifs is 1. The summed E-state index contributed by atoms with van der Waals surface area (Å²) in [7, 11) is 0. The van der Waals surface area contributed by atoms with E-state index in [0.29, 0.717) is 5.02 Å². The number of aryl methyl sites for hydroxylation is 1. The van der Waals surface area contributed by atoms with Gasteiger partial charge in [-0.25, -0.2) is 0 Å². The summed E-state index contributed by atoms with van der Waals surface area (Å²) in [6, 6.07) is 5.69. The quantitative estimate of drug-likeness (QED) is 0.620. The number of rotatable bonds is 0. The predicted molar refractivity (Wildman–Crippen MR) is 49.3 cm³/mol. The average molecular weight is 179 g/mol. The molecule has 0 saturated carbocycles. The standard InChI is InChI=1S/C9H7ClN2/c1-6-2-3-8-9(12-6)4-7(10)5-11-8/h2-5H,1H3. The number of pyridine rings is 2. The summed E-state index contributed by atoms with van der Waals surface area (Å²) in [5.74, 6) is 0. The van der Waals surface area contributed by atoms with Crippen molar-refractivity contribution >= 4 is 22.6 Å². The molecule has 2 nitrogen and oxygen atoms in total. The number of hydrogen-bond acceptors (Lipinski definition) is 2. The Morgan fingerprint density at radius 3 is 2.92 bits per heavy atom. The van der Waals surface area contributed by atoms with Gasteiger partial charge in [-0.05, 0) is 25.1 Å². The smallest absolute Gasteiger partial charge is 0.0904 e. The molecule has 0 fully saturated rings. The molecular weight excluding hydrogens is 172 g/mol. The third kappa shape index (κ3) is 1.25. The molecule has 0 atom stereocenters. The van der Waals surface area contributed by atoms with Gasteiger partial charge in [0.15, 0.2) is 0 Å². The normalized spacial score (nSPS) is 10.5. The van der Waals surface area contributed by atoms with Gasteiger partial charge in [0.05, 0.1) is 16.1 Å². The van der Waals surface area contributed by atoms with Crippen LogP contribution < -0.4 is 0 Å². The van der Waals surface area contributed by atoms with Crippen molar-refractivity contribution in [1.82, 2.24) is 9.97 Å². The van der Waals surface area contributed by atoms with Gasteiger partial charge in [0, 0.05) is 11.9 Å². The first-order valence-corrected chi connectivity index (χ1v) is 4.02. The molecular formula is C9H7ClN2. The van der Waals surface area contributed by atoms with E-state index in [1.54, 1.807) is 6.20 Å². The second-order valence-corrected chi connectivity index (χ2v) is 3.08. The van der Waals surface area contributed by atoms with E-state index in [4.69, 9.17) is 11.6 Å². The highest BCUT2D eigenvalue weighted by Gasteiger charge is 1.96. The van der Waals surface area contributed by atoms with Crippen molar-refractivity contribution < 1.29 is 0 Å². The minimum atomic E-state index is 0.626. The van der Waals surface area contributed by atoms with Gasteiger partial charge in [0.1, 0.15) is 0 Å². The summed E-state index contributed by atoms with van der Waals surface area (Å²) in [5, 5.41) is 0.626. The topological polar surface area (TPSA) is 25.8 Å². The summed E-state index contributed by atoms with van der Waals surface area (Å²) in [4.78, 5) is 8.42. The van der Waals surface area contributed by atoms with Gasteiger partial charge in [-0.15, -0.1) is 0 Å². The van der Waals surface area contributed by atoms with E-state index in [-0.39, 0.29) is 0 Å². The zero-order valence-electron chi connectivity index (χ0n) is 6.58. The lowest BCUT2D eigenvalue weighted by molar-refractivity contribution is 1.24. The lowest BCUT2D eigenvalue weighted by Crippen LogP contribution is -1.84. The maximum Gasteiger partial charge on any atom is 0.0904 e. The SMILES string of the molecule is Cc1ccc2ncc(Cl)cc2n1. The Kier molecular flexibility index (Phi) is 1.70. The van der Waals surface area contributed by atoms with E-state index in [1.165, 1.54) is 0 Å². The third-order valence-corrected chi connectivity index (χ3v) is 1.85. The lowest BCUT2D eigenvalue weighted by atomic mass is 10.3. The number of aromatic nitrogens is 2. The van der Waals surface area contributed by atoms with Crippen molar-refractivity contribution in [1.29, 1.82) is 0 Å². The van der Waals surface area contributed by atoms with Crippen LogP contribution in [0, 0.1) is 6.92 Å². The molecule has 0 bridgehead atoms. The largest absolute Gasteiger partial charge is 0.253 e. The molecule has 0 N–H and O–H groups in total. The second-order valence-electron chi connectivity index (χ2n) is 2.64. The van der Waals surface area contributed by atoms with Gasteiger partial charge in [0.2, 0.25) is 0 Å². The molecule has 0 amide bonds. The van der Waals surface area contributed by atoms with E-state index >= 15 is 0 Å². The number of hydrogen-bond donors (Lipinski definition) is 0. The van der Waals surface area contributed by atoms with Crippen molar-refractivity contribution in [3.8, 4) is 0 Å². The van der Waals surface area contributed by atoms with E-state index < -0.39 is 0 Å². The molecule has 2 aromatic rings. The molecule has 0 aliphatic heterocycles. The predicted octanol–water partition coefficient (Wildman–Crippen LogP) is 2.59. The molecule has 0 aliphatic carbocycles. The fourth-order valence-corrected chi connectivity index (χ4v) is 1.24. The van der Waals surface area contributed by atoms with E-state index in [0.717, 1.165) is 16.7 Å². The summed E-state index contributed by atoms with van der Waals surface area (Å²) in [6.45, 7) is 1.94. The fraction of sp³-hybridized carbons (Fsp3) is 0.111. The van der Waals surface area contributed by atoms with E-state index in [9.17, 15) is 0 Å². The maximum atomic E-state index is 5.77. The molecule has 0 saturated heterocycles. The van der Waals surface area contributed by atoms with Crippen LogP contribution in [0.4, 0.5) is 0 Å². The Balaban J connectivity index is 2.80. The van der Waals surface area contributed by atoms with Crippen LogP contribution in [0.1, 0.15) is 5.69 Å². The van der Waals surface area contributed by atoms with Crippen molar-refractivity contribution in [2.24, 2.45) is 0 Å². The Morgan fingerprint density at radius 2 is 2.08 bits per heavy atom. The monoisotopic (exact) mass is 178 g/mol. The molecule has 12 heavy (non-hydrogen) atoms. The van der Waals surface area contributed by atoms with Crippen molar-refractivity contribution in [3.63, 3.8) is 0 Å². The van der Waals surface area contributed by atoms with Crippen LogP contribution in [-0.2, 0) is 0 Å². The van der Waals surface area contributed by atoms with E-state index in [2.05, 4.69) is 9.97 Å². The molecule has 0 spiro atoms. The number of nitrogens with zero attached hydrogens (tertiary/aromatic N) is 2. The van der Waals surface area contributed by atoms with E-state index in [1.807, 2.05) is 25.1 Å². The van der Waals surface area contributed by atoms with Gasteiger partial charge in [-0.3, -0.25) is 9.97 Å². The lowest BCUT2D eigenvalue weighted by Gasteiger charge is -1.97. The molecule has 3 heteroatoms. The summed E-state index contributed by atoms with van der Waals surface area (Å²) < 4.78 is 0. The highest BCUT2D eigenvalue weighted by atomic mass is 35.5. The van der Waals surface area contributed by atoms with Crippen molar-refractivity contribution in [2.75, 3.05) is 0 Å². The summed E-state index contributed by atoms with van der Waals surface area (Å²) in [6.07, 6.45) is 1.63. The minimum Gasteiger partial charge on any atom is -0.253 e. The first-order valence-electron chi connectivity index (χ1n) is 3.64. The first-order chi connectivity index (χ1) is 5.75. The Bertz CT molecular complexity index is 389. The van der Waals surface area contributed by atoms with Gasteiger partial charge in [0.25, 0.3) is 0 Å². The highest BCUT2D eigenvalue weighted by Crippen LogP contribution is 2.14. The summed E-state index contributed by atoms with van der Waals surface area (Å²) in [5.41, 5.74) is 2.71.